The van der Waals surface area contributed by atoms with Crippen LogP contribution in [0.5, 0.6) is 0 Å². The van der Waals surface area contributed by atoms with Gasteiger partial charge in [0.1, 0.15) is 18.3 Å². The molecular weight excluding hydrogens is 514 g/mol. The lowest BCUT2D eigenvalue weighted by Crippen LogP contribution is -2.65. The first-order valence-electron chi connectivity index (χ1n) is 14.2. The van der Waals surface area contributed by atoms with Crippen LogP contribution in [0, 0.1) is 0 Å². The first-order valence-corrected chi connectivity index (χ1v) is 14.2. The van der Waals surface area contributed by atoms with Gasteiger partial charge in [-0.2, -0.15) is 0 Å². The molecule has 1 aliphatic heterocycles. The lowest BCUT2D eigenvalue weighted by molar-refractivity contribution is -0.285. The van der Waals surface area contributed by atoms with Gasteiger partial charge in [0, 0.05) is 13.7 Å². The first-order chi connectivity index (χ1) is 20.3. The smallest absolute Gasteiger partial charge is 0.175 e. The number of nitrogens with one attached hydrogen (secondary N) is 1. The second-order valence-electron chi connectivity index (χ2n) is 10.2. The molecule has 5 unspecified atom stereocenters. The largest absolute Gasteiger partial charge is 0.374 e. The predicted octanol–water partition coefficient (Wildman–Crippen LogP) is 5.90. The average Bonchev–Trinajstić information content (AvgIpc) is 3.04. The van der Waals surface area contributed by atoms with E-state index in [0.717, 1.165) is 16.7 Å². The van der Waals surface area contributed by atoms with Crippen LogP contribution >= 0.6 is 0 Å². The zero-order valence-electron chi connectivity index (χ0n) is 23.5. The summed E-state index contributed by atoms with van der Waals surface area (Å²) in [6, 6.07) is 40.5. The molecule has 1 heterocycles. The van der Waals surface area contributed by atoms with Crippen LogP contribution in [0.15, 0.2) is 121 Å². The van der Waals surface area contributed by atoms with Gasteiger partial charge in [0.2, 0.25) is 0 Å². The maximum atomic E-state index is 6.70. The maximum Gasteiger partial charge on any atom is 0.175 e. The third kappa shape index (κ3) is 8.57. The zero-order chi connectivity index (χ0) is 28.1. The molecule has 0 saturated carbocycles. The van der Waals surface area contributed by atoms with Gasteiger partial charge >= 0.3 is 0 Å². The van der Waals surface area contributed by atoms with Crippen LogP contribution in [0.25, 0.3) is 0 Å². The fraction of sp³-hybridized carbons (Fsp3) is 0.314. The minimum Gasteiger partial charge on any atom is -0.374 e. The van der Waals surface area contributed by atoms with E-state index in [1.54, 1.807) is 7.11 Å². The minimum absolute atomic E-state index is 0.282. The Bertz CT molecular complexity index is 1260. The van der Waals surface area contributed by atoms with Gasteiger partial charge in [-0.15, -0.1) is 0 Å². The average molecular weight is 554 g/mol. The molecule has 1 fully saturated rings. The molecule has 4 aromatic carbocycles. The molecule has 0 bridgehead atoms. The van der Waals surface area contributed by atoms with Gasteiger partial charge in [-0.3, -0.25) is 0 Å². The Hall–Kier alpha value is -3.36. The molecule has 0 spiro atoms. The van der Waals surface area contributed by atoms with Crippen LogP contribution in [-0.2, 0) is 50.0 Å². The van der Waals surface area contributed by atoms with E-state index >= 15 is 0 Å². The molecule has 6 heteroatoms. The Balaban J connectivity index is 1.38. The molecule has 6 nitrogen and oxygen atoms in total. The lowest BCUT2D eigenvalue weighted by Gasteiger charge is -2.46. The molecule has 5 atom stereocenters. The van der Waals surface area contributed by atoms with Gasteiger partial charge in [-0.05, 0) is 22.3 Å². The van der Waals surface area contributed by atoms with E-state index < -0.39 is 18.5 Å². The highest BCUT2D eigenvalue weighted by molar-refractivity contribution is 5.17. The van der Waals surface area contributed by atoms with E-state index in [9.17, 15) is 0 Å². The molecule has 0 radical (unpaired) electrons. The third-order valence-electron chi connectivity index (χ3n) is 7.23. The Morgan fingerprint density at radius 1 is 0.585 bits per heavy atom. The van der Waals surface area contributed by atoms with Crippen molar-refractivity contribution in [2.75, 3.05) is 13.7 Å². The molecule has 0 aliphatic carbocycles. The standard InChI is InChI=1S/C35H39NO5/c1-37-35-32(36-22-27-14-6-2-7-15-27)34(40-25-30-20-12-5-13-21-30)33(39-24-29-18-10-4-11-19-29)31(41-35)26-38-23-28-16-8-3-9-17-28/h2-21,31-36H,22-26H2,1H3. The Labute approximate surface area is 243 Å². The van der Waals surface area contributed by atoms with Crippen LogP contribution in [0.3, 0.4) is 0 Å². The lowest BCUT2D eigenvalue weighted by atomic mass is 9.95. The van der Waals surface area contributed by atoms with Gasteiger partial charge in [-0.25, -0.2) is 0 Å². The van der Waals surface area contributed by atoms with Crippen molar-refractivity contribution in [2.45, 2.75) is 57.0 Å². The van der Waals surface area contributed by atoms with Crippen LogP contribution in [0.4, 0.5) is 0 Å². The van der Waals surface area contributed by atoms with Crippen molar-refractivity contribution in [2.24, 2.45) is 0 Å². The van der Waals surface area contributed by atoms with Crippen molar-refractivity contribution in [1.82, 2.24) is 5.32 Å². The molecule has 41 heavy (non-hydrogen) atoms. The summed E-state index contributed by atoms with van der Waals surface area (Å²) < 4.78 is 32.0. The van der Waals surface area contributed by atoms with Crippen molar-refractivity contribution in [3.63, 3.8) is 0 Å². The van der Waals surface area contributed by atoms with E-state index in [-0.39, 0.29) is 12.1 Å². The highest BCUT2D eigenvalue weighted by Crippen LogP contribution is 2.29. The van der Waals surface area contributed by atoms with Crippen molar-refractivity contribution in [3.05, 3.63) is 144 Å². The summed E-state index contributed by atoms with van der Waals surface area (Å²) >= 11 is 0. The Kier molecular flexibility index (Phi) is 11.1. The van der Waals surface area contributed by atoms with Crippen molar-refractivity contribution >= 4 is 0 Å². The first kappa shape index (κ1) is 29.1. The van der Waals surface area contributed by atoms with Crippen molar-refractivity contribution in [3.8, 4) is 0 Å². The van der Waals surface area contributed by atoms with Gasteiger partial charge in [0.25, 0.3) is 0 Å². The number of methoxy groups -OCH3 is 1. The second kappa shape index (κ2) is 15.6. The summed E-state index contributed by atoms with van der Waals surface area (Å²) in [5.74, 6) is 0. The van der Waals surface area contributed by atoms with E-state index in [2.05, 4.69) is 53.8 Å². The van der Waals surface area contributed by atoms with Gasteiger partial charge in [-0.1, -0.05) is 121 Å². The maximum absolute atomic E-state index is 6.70. The number of rotatable bonds is 14. The predicted molar refractivity (Wildman–Crippen MR) is 159 cm³/mol. The third-order valence-corrected chi connectivity index (χ3v) is 7.23. The van der Waals surface area contributed by atoms with Gasteiger partial charge in [0.15, 0.2) is 6.29 Å². The van der Waals surface area contributed by atoms with E-state index in [1.165, 1.54) is 5.56 Å². The summed E-state index contributed by atoms with van der Waals surface area (Å²) in [4.78, 5) is 0. The molecule has 1 N–H and O–H groups in total. The summed E-state index contributed by atoms with van der Waals surface area (Å²) in [5.41, 5.74) is 4.45. The fourth-order valence-corrected chi connectivity index (χ4v) is 5.09. The van der Waals surface area contributed by atoms with Gasteiger partial charge < -0.3 is 29.0 Å². The molecule has 0 aromatic heterocycles. The Morgan fingerprint density at radius 3 is 1.56 bits per heavy atom. The SMILES string of the molecule is COC1OC(COCc2ccccc2)C(OCc2ccccc2)C(OCc2ccccc2)C1NCc1ccccc1. The van der Waals surface area contributed by atoms with Crippen LogP contribution in [0.1, 0.15) is 22.3 Å². The number of hydrogen-bond acceptors (Lipinski definition) is 6. The molecule has 1 saturated heterocycles. The molecule has 1 aliphatic rings. The van der Waals surface area contributed by atoms with Crippen molar-refractivity contribution in [1.29, 1.82) is 0 Å². The molecular formula is C35H39NO5. The summed E-state index contributed by atoms with van der Waals surface area (Å²) in [5, 5.41) is 3.66. The van der Waals surface area contributed by atoms with Crippen molar-refractivity contribution < 1.29 is 23.7 Å². The quantitative estimate of drug-likeness (QED) is 0.210. The summed E-state index contributed by atoms with van der Waals surface area (Å²) in [6.45, 7) is 2.33. The molecule has 5 rings (SSSR count). The normalized spacial score (nSPS) is 22.4. The Morgan fingerprint density at radius 2 is 1.05 bits per heavy atom. The number of ether oxygens (including phenoxy) is 5. The summed E-state index contributed by atoms with van der Waals surface area (Å²) in [6.07, 6.45) is -1.73. The second-order valence-corrected chi connectivity index (χ2v) is 10.2. The topological polar surface area (TPSA) is 58.2 Å². The monoisotopic (exact) mass is 553 g/mol. The highest BCUT2D eigenvalue weighted by atomic mass is 16.7. The van der Waals surface area contributed by atoms with E-state index in [4.69, 9.17) is 23.7 Å². The number of hydrogen-bond donors (Lipinski definition) is 1. The van der Waals surface area contributed by atoms with E-state index in [1.807, 2.05) is 72.8 Å². The fourth-order valence-electron chi connectivity index (χ4n) is 5.09. The zero-order valence-corrected chi connectivity index (χ0v) is 23.5. The van der Waals surface area contributed by atoms with Crippen LogP contribution < -0.4 is 5.32 Å². The molecule has 0 amide bonds. The number of benzene rings is 4. The molecule has 4 aromatic rings. The van der Waals surface area contributed by atoms with Crippen LogP contribution in [-0.4, -0.2) is 44.4 Å². The van der Waals surface area contributed by atoms with E-state index in [0.29, 0.717) is 33.0 Å². The van der Waals surface area contributed by atoms with Gasteiger partial charge in [0.05, 0.1) is 32.5 Å². The highest BCUT2D eigenvalue weighted by Gasteiger charge is 2.47. The minimum atomic E-state index is -0.554. The van der Waals surface area contributed by atoms with Crippen LogP contribution in [0.2, 0.25) is 0 Å². The molecule has 214 valence electrons. The summed E-state index contributed by atoms with van der Waals surface area (Å²) in [7, 11) is 1.67.